The molecule has 11 heteroatoms. The summed E-state index contributed by atoms with van der Waals surface area (Å²) < 4.78 is 31.3. The Morgan fingerprint density at radius 3 is 2.18 bits per heavy atom. The van der Waals surface area contributed by atoms with Crippen molar-refractivity contribution in [3.05, 3.63) is 124 Å². The fourth-order valence-corrected chi connectivity index (χ4v) is 9.97. The molecule has 3 atom stereocenters. The van der Waals surface area contributed by atoms with E-state index in [1.807, 2.05) is 43.3 Å². The molecule has 4 aromatic rings. The third kappa shape index (κ3) is 7.26. The number of carbonyl (C=O) groups excluding carboxylic acids is 3. The average Bonchev–Trinajstić information content (AvgIpc) is 3.53. The molecule has 296 valence electrons. The summed E-state index contributed by atoms with van der Waals surface area (Å²) in [6.07, 6.45) is 2.50. The standard InChI is InChI=1S/C46H49F2N5O4/c1-29-2-4-31(5-3-29)39-26-46(47,48)40-25-36(54)11-13-38(40)43(39)32-6-8-34(9-7-32)51-18-16-30(17-19-51)27-50-20-22-52(23-21-50)35-10-12-37-33(24-35)28-53(45(37)57)41-14-15-42(55)49-44(41)56/h2-13,24-25,30,39,41,43,54H,14-23,26-28H2,1H3,(H,49,55,56)/t39-,41-,43-/m0/s1. The fourth-order valence-electron chi connectivity index (χ4n) is 9.97. The van der Waals surface area contributed by atoms with Crippen molar-refractivity contribution in [2.45, 2.75) is 69.4 Å². The van der Waals surface area contributed by atoms with Gasteiger partial charge in [0.2, 0.25) is 11.8 Å². The fraction of sp³-hybridized carbons (Fsp3) is 0.413. The number of fused-ring (bicyclic) bond motifs is 2. The number of hydrogen-bond acceptors (Lipinski definition) is 7. The van der Waals surface area contributed by atoms with Crippen LogP contribution >= 0.6 is 0 Å². The Morgan fingerprint density at radius 2 is 1.46 bits per heavy atom. The van der Waals surface area contributed by atoms with E-state index in [-0.39, 0.29) is 47.8 Å². The Balaban J connectivity index is 0.797. The van der Waals surface area contributed by atoms with Crippen molar-refractivity contribution in [3.63, 3.8) is 0 Å². The normalized spacial score (nSPS) is 24.0. The number of amides is 3. The number of halogens is 2. The maximum atomic E-state index is 15.6. The predicted octanol–water partition coefficient (Wildman–Crippen LogP) is 6.91. The molecule has 0 aromatic heterocycles. The molecule has 9 nitrogen and oxygen atoms in total. The Kier molecular flexibility index (Phi) is 9.75. The molecular formula is C46H49F2N5O4. The zero-order valence-electron chi connectivity index (χ0n) is 32.3. The van der Waals surface area contributed by atoms with Crippen LogP contribution in [0.1, 0.15) is 87.7 Å². The van der Waals surface area contributed by atoms with E-state index in [9.17, 15) is 19.5 Å². The van der Waals surface area contributed by atoms with E-state index in [0.717, 1.165) is 92.3 Å². The van der Waals surface area contributed by atoms with E-state index in [2.05, 4.69) is 50.3 Å². The monoisotopic (exact) mass is 773 g/mol. The maximum Gasteiger partial charge on any atom is 0.274 e. The molecule has 5 aliphatic rings. The van der Waals surface area contributed by atoms with E-state index >= 15 is 8.78 Å². The molecule has 0 bridgehead atoms. The first kappa shape index (κ1) is 37.3. The van der Waals surface area contributed by atoms with Gasteiger partial charge in [0.25, 0.3) is 11.8 Å². The van der Waals surface area contributed by atoms with Crippen molar-refractivity contribution in [3.8, 4) is 5.75 Å². The number of carbonyl (C=O) groups is 3. The number of nitrogens with one attached hydrogen (secondary N) is 1. The largest absolute Gasteiger partial charge is 0.508 e. The lowest BCUT2D eigenvalue weighted by Crippen LogP contribution is -2.52. The lowest BCUT2D eigenvalue weighted by atomic mass is 9.68. The quantitative estimate of drug-likeness (QED) is 0.197. The molecular weight excluding hydrogens is 725 g/mol. The highest BCUT2D eigenvalue weighted by Gasteiger charge is 2.47. The van der Waals surface area contributed by atoms with Crippen molar-refractivity contribution < 1.29 is 28.3 Å². The molecule has 2 N–H and O–H groups in total. The molecule has 0 radical (unpaired) electrons. The summed E-state index contributed by atoms with van der Waals surface area (Å²) in [5.74, 6) is -4.05. The third-order valence-electron chi connectivity index (χ3n) is 13.1. The van der Waals surface area contributed by atoms with Crippen LogP contribution < -0.4 is 15.1 Å². The number of nitrogens with zero attached hydrogens (tertiary/aromatic N) is 4. The van der Waals surface area contributed by atoms with Crippen LogP contribution in [0.25, 0.3) is 0 Å². The summed E-state index contributed by atoms with van der Waals surface area (Å²) in [5, 5.41) is 12.5. The second kappa shape index (κ2) is 14.9. The van der Waals surface area contributed by atoms with E-state index in [1.165, 1.54) is 12.1 Å². The molecule has 3 fully saturated rings. The number of rotatable bonds is 7. The molecule has 3 amide bonds. The van der Waals surface area contributed by atoms with Crippen LogP contribution in [0.3, 0.4) is 0 Å². The van der Waals surface area contributed by atoms with E-state index < -0.39 is 17.9 Å². The highest BCUT2D eigenvalue weighted by atomic mass is 19.3. The van der Waals surface area contributed by atoms with Crippen molar-refractivity contribution in [1.29, 1.82) is 0 Å². The van der Waals surface area contributed by atoms with E-state index in [0.29, 0.717) is 30.0 Å². The minimum absolute atomic E-state index is 0.0792. The first-order valence-electron chi connectivity index (χ1n) is 20.4. The van der Waals surface area contributed by atoms with Crippen LogP contribution in [0, 0.1) is 12.8 Å². The Labute approximate surface area is 332 Å². The number of aryl methyl sites for hydroxylation is 1. The van der Waals surface area contributed by atoms with Crippen LogP contribution in [0.5, 0.6) is 5.75 Å². The smallest absolute Gasteiger partial charge is 0.274 e. The van der Waals surface area contributed by atoms with Gasteiger partial charge in [0.1, 0.15) is 11.8 Å². The minimum atomic E-state index is -3.05. The number of benzene rings is 4. The third-order valence-corrected chi connectivity index (χ3v) is 13.1. The Hall–Kier alpha value is -5.29. The summed E-state index contributed by atoms with van der Waals surface area (Å²) >= 11 is 0. The molecule has 57 heavy (non-hydrogen) atoms. The maximum absolute atomic E-state index is 15.6. The topological polar surface area (TPSA) is 96.4 Å². The summed E-state index contributed by atoms with van der Waals surface area (Å²) in [5.41, 5.74) is 7.32. The molecule has 0 spiro atoms. The van der Waals surface area contributed by atoms with Gasteiger partial charge in [-0.2, -0.15) is 0 Å². The van der Waals surface area contributed by atoms with Crippen LogP contribution in [0.15, 0.2) is 84.9 Å². The van der Waals surface area contributed by atoms with Gasteiger partial charge in [0, 0.05) is 99.5 Å². The Bertz CT molecular complexity index is 2180. The van der Waals surface area contributed by atoms with Crippen molar-refractivity contribution in [2.24, 2.45) is 5.92 Å². The SMILES string of the molecule is Cc1ccc([C@@H]2CC(F)(F)c3cc(O)ccc3[C@@H]2c2ccc(N3CCC(CN4CCN(c5ccc6c(c5)CN([C@H]5CCC(=O)NC5=O)C6=O)CC4)CC3)cc2)cc1. The number of piperidine rings is 2. The minimum Gasteiger partial charge on any atom is -0.508 e. The Morgan fingerprint density at radius 1 is 0.772 bits per heavy atom. The number of phenols is 1. The second-order valence-corrected chi connectivity index (χ2v) is 16.7. The van der Waals surface area contributed by atoms with Gasteiger partial charge in [-0.1, -0.05) is 48.0 Å². The summed E-state index contributed by atoms with van der Waals surface area (Å²) in [4.78, 5) is 46.2. The van der Waals surface area contributed by atoms with Crippen LogP contribution in [-0.4, -0.2) is 84.5 Å². The van der Waals surface area contributed by atoms with E-state index in [4.69, 9.17) is 0 Å². The second-order valence-electron chi connectivity index (χ2n) is 16.7. The molecule has 4 heterocycles. The molecule has 0 saturated carbocycles. The first-order chi connectivity index (χ1) is 27.5. The molecule has 4 aliphatic heterocycles. The van der Waals surface area contributed by atoms with Crippen LogP contribution in [0.2, 0.25) is 0 Å². The van der Waals surface area contributed by atoms with Gasteiger partial charge in [-0.05, 0) is 96.8 Å². The van der Waals surface area contributed by atoms with Crippen molar-refractivity contribution in [2.75, 3.05) is 55.6 Å². The van der Waals surface area contributed by atoms with Crippen LogP contribution in [-0.2, 0) is 22.1 Å². The summed E-state index contributed by atoms with van der Waals surface area (Å²) in [7, 11) is 0. The zero-order valence-corrected chi connectivity index (χ0v) is 32.3. The summed E-state index contributed by atoms with van der Waals surface area (Å²) in [6.45, 7) is 9.15. The number of aromatic hydroxyl groups is 1. The first-order valence-corrected chi connectivity index (χ1v) is 20.4. The van der Waals surface area contributed by atoms with Gasteiger partial charge in [-0.3, -0.25) is 24.6 Å². The van der Waals surface area contributed by atoms with Gasteiger partial charge in [0.05, 0.1) is 0 Å². The number of alkyl halides is 2. The summed E-state index contributed by atoms with van der Waals surface area (Å²) in [6, 6.07) is 26.3. The lowest BCUT2D eigenvalue weighted by molar-refractivity contribution is -0.136. The van der Waals surface area contributed by atoms with Crippen LogP contribution in [0.4, 0.5) is 20.2 Å². The number of hydrogen-bond donors (Lipinski definition) is 2. The number of imide groups is 1. The molecule has 0 unspecified atom stereocenters. The van der Waals surface area contributed by atoms with Gasteiger partial charge in [-0.15, -0.1) is 0 Å². The van der Waals surface area contributed by atoms with Crippen molar-refractivity contribution >= 4 is 29.1 Å². The lowest BCUT2D eigenvalue weighted by Gasteiger charge is -2.40. The van der Waals surface area contributed by atoms with E-state index in [1.54, 1.807) is 11.0 Å². The number of piperazine rings is 1. The predicted molar refractivity (Wildman–Crippen MR) is 215 cm³/mol. The highest BCUT2D eigenvalue weighted by Crippen LogP contribution is 2.55. The molecule has 4 aromatic carbocycles. The highest BCUT2D eigenvalue weighted by molar-refractivity contribution is 6.05. The zero-order chi connectivity index (χ0) is 39.4. The van der Waals surface area contributed by atoms with Crippen molar-refractivity contribution in [1.82, 2.24) is 15.1 Å². The van der Waals surface area contributed by atoms with Gasteiger partial charge >= 0.3 is 0 Å². The van der Waals surface area contributed by atoms with Gasteiger partial charge in [-0.25, -0.2) is 8.78 Å². The molecule has 3 saturated heterocycles. The molecule has 1 aliphatic carbocycles. The van der Waals surface area contributed by atoms with Gasteiger partial charge in [0.15, 0.2) is 0 Å². The number of anilines is 2. The molecule has 9 rings (SSSR count). The van der Waals surface area contributed by atoms with Gasteiger partial charge < -0.3 is 19.8 Å². The average molecular weight is 774 g/mol. The number of phenolic OH excluding ortho intramolecular Hbond substituents is 1.